The molecular formula is C15H17N3O3. The molecule has 21 heavy (non-hydrogen) atoms. The quantitative estimate of drug-likeness (QED) is 0.921. The minimum Gasteiger partial charge on any atom is -0.481 e. The van der Waals surface area contributed by atoms with Crippen molar-refractivity contribution >= 4 is 5.97 Å². The molecule has 0 saturated carbocycles. The molecule has 2 atom stereocenters. The number of nitrogens with zero attached hydrogens (tertiary/aromatic N) is 3. The van der Waals surface area contributed by atoms with Gasteiger partial charge in [-0.2, -0.15) is 0 Å². The van der Waals surface area contributed by atoms with Crippen molar-refractivity contribution in [2.75, 3.05) is 13.1 Å². The molecule has 2 aromatic rings. The zero-order chi connectivity index (χ0) is 14.8. The van der Waals surface area contributed by atoms with E-state index in [1.165, 1.54) is 0 Å². The molecule has 1 N–H and O–H groups in total. The van der Waals surface area contributed by atoms with E-state index in [0.717, 1.165) is 11.3 Å². The van der Waals surface area contributed by atoms with Gasteiger partial charge in [-0.3, -0.25) is 14.7 Å². The third-order valence-corrected chi connectivity index (χ3v) is 3.90. The fourth-order valence-corrected chi connectivity index (χ4v) is 2.92. The molecule has 6 heteroatoms. The normalized spacial score (nSPS) is 22.5. The van der Waals surface area contributed by atoms with Crippen LogP contribution in [-0.4, -0.2) is 39.0 Å². The molecule has 0 radical (unpaired) electrons. The predicted octanol–water partition coefficient (Wildman–Crippen LogP) is 1.68. The van der Waals surface area contributed by atoms with Crippen LogP contribution in [0.5, 0.6) is 0 Å². The second-order valence-electron chi connectivity index (χ2n) is 5.38. The number of hydrogen-bond donors (Lipinski definition) is 1. The highest BCUT2D eigenvalue weighted by atomic mass is 16.4. The fourth-order valence-electron chi connectivity index (χ4n) is 2.92. The number of likely N-dealkylation sites (tertiary alicyclic amines) is 1. The van der Waals surface area contributed by atoms with Crippen LogP contribution in [0.2, 0.25) is 0 Å². The van der Waals surface area contributed by atoms with Crippen molar-refractivity contribution in [1.82, 2.24) is 14.9 Å². The molecule has 1 aliphatic rings. The number of aliphatic carboxylic acids is 1. The zero-order valence-corrected chi connectivity index (χ0v) is 11.8. The maximum Gasteiger partial charge on any atom is 0.308 e. The van der Waals surface area contributed by atoms with Crippen molar-refractivity contribution in [2.45, 2.75) is 19.4 Å². The zero-order valence-electron chi connectivity index (χ0n) is 11.8. The van der Waals surface area contributed by atoms with E-state index in [-0.39, 0.29) is 5.92 Å². The molecule has 6 nitrogen and oxygen atoms in total. The van der Waals surface area contributed by atoms with Crippen molar-refractivity contribution in [3.8, 4) is 0 Å². The Balaban J connectivity index is 1.76. The molecule has 2 aromatic heterocycles. The van der Waals surface area contributed by atoms with E-state index < -0.39 is 11.9 Å². The van der Waals surface area contributed by atoms with Gasteiger partial charge in [-0.05, 0) is 17.7 Å². The molecule has 1 aliphatic heterocycles. The van der Waals surface area contributed by atoms with Gasteiger partial charge in [-0.15, -0.1) is 0 Å². The number of aromatic nitrogens is 2. The Labute approximate surface area is 122 Å². The van der Waals surface area contributed by atoms with E-state index in [0.29, 0.717) is 25.5 Å². The molecular weight excluding hydrogens is 270 g/mol. The van der Waals surface area contributed by atoms with Gasteiger partial charge < -0.3 is 9.52 Å². The SMILES string of the molecule is Cc1nc(CN2C[C@@H](C(=O)O)[C@H](c3ccncc3)C2)co1. The number of carbonyl (C=O) groups is 1. The number of aryl methyl sites for hydroxylation is 1. The maximum absolute atomic E-state index is 11.5. The van der Waals surface area contributed by atoms with Crippen molar-refractivity contribution in [3.63, 3.8) is 0 Å². The highest BCUT2D eigenvalue weighted by Crippen LogP contribution is 2.33. The van der Waals surface area contributed by atoms with Gasteiger partial charge in [0.1, 0.15) is 6.26 Å². The first-order valence-electron chi connectivity index (χ1n) is 6.89. The summed E-state index contributed by atoms with van der Waals surface area (Å²) in [6.45, 7) is 3.64. The van der Waals surface area contributed by atoms with E-state index in [4.69, 9.17) is 4.42 Å². The number of carboxylic acid groups (broad SMARTS) is 1. The Kier molecular flexibility index (Phi) is 3.70. The summed E-state index contributed by atoms with van der Waals surface area (Å²) in [6, 6.07) is 3.79. The lowest BCUT2D eigenvalue weighted by Crippen LogP contribution is -2.23. The lowest BCUT2D eigenvalue weighted by molar-refractivity contribution is -0.141. The van der Waals surface area contributed by atoms with Crippen LogP contribution in [0.1, 0.15) is 23.1 Å². The number of rotatable bonds is 4. The summed E-state index contributed by atoms with van der Waals surface area (Å²) in [5, 5.41) is 9.46. The van der Waals surface area contributed by atoms with Gasteiger partial charge in [-0.25, -0.2) is 4.98 Å². The highest BCUT2D eigenvalue weighted by Gasteiger charge is 2.38. The van der Waals surface area contributed by atoms with E-state index >= 15 is 0 Å². The van der Waals surface area contributed by atoms with Gasteiger partial charge in [0, 0.05) is 44.9 Å². The van der Waals surface area contributed by atoms with Crippen molar-refractivity contribution in [3.05, 3.63) is 47.9 Å². The van der Waals surface area contributed by atoms with Gasteiger partial charge in [0.05, 0.1) is 11.6 Å². The summed E-state index contributed by atoms with van der Waals surface area (Å²) in [5.41, 5.74) is 1.86. The second kappa shape index (κ2) is 5.65. The summed E-state index contributed by atoms with van der Waals surface area (Å²) < 4.78 is 5.20. The first kappa shape index (κ1) is 13.8. The van der Waals surface area contributed by atoms with Crippen LogP contribution in [0.4, 0.5) is 0 Å². The van der Waals surface area contributed by atoms with E-state index in [2.05, 4.69) is 14.9 Å². The summed E-state index contributed by atoms with van der Waals surface area (Å²) in [5.74, 6) is -0.542. The third kappa shape index (κ3) is 2.95. The molecule has 0 aromatic carbocycles. The summed E-state index contributed by atoms with van der Waals surface area (Å²) in [4.78, 5) is 21.9. The Morgan fingerprint density at radius 3 is 2.81 bits per heavy atom. The Morgan fingerprint density at radius 1 is 1.43 bits per heavy atom. The molecule has 1 fully saturated rings. The molecule has 110 valence electrons. The fraction of sp³-hybridized carbons (Fsp3) is 0.400. The number of hydrogen-bond acceptors (Lipinski definition) is 5. The molecule has 3 rings (SSSR count). The van der Waals surface area contributed by atoms with Gasteiger partial charge in [-0.1, -0.05) is 0 Å². The number of carboxylic acids is 1. The van der Waals surface area contributed by atoms with Crippen molar-refractivity contribution in [2.24, 2.45) is 5.92 Å². The largest absolute Gasteiger partial charge is 0.481 e. The van der Waals surface area contributed by atoms with Crippen LogP contribution < -0.4 is 0 Å². The van der Waals surface area contributed by atoms with Gasteiger partial charge in [0.2, 0.25) is 0 Å². The Morgan fingerprint density at radius 2 is 2.19 bits per heavy atom. The van der Waals surface area contributed by atoms with Crippen LogP contribution in [0.25, 0.3) is 0 Å². The van der Waals surface area contributed by atoms with E-state index in [9.17, 15) is 9.90 Å². The summed E-state index contributed by atoms with van der Waals surface area (Å²) >= 11 is 0. The second-order valence-corrected chi connectivity index (χ2v) is 5.38. The van der Waals surface area contributed by atoms with Crippen LogP contribution in [0.3, 0.4) is 0 Å². The molecule has 0 bridgehead atoms. The molecule has 0 unspecified atom stereocenters. The topological polar surface area (TPSA) is 79.5 Å². The van der Waals surface area contributed by atoms with E-state index in [1.807, 2.05) is 12.1 Å². The van der Waals surface area contributed by atoms with Crippen molar-refractivity contribution in [1.29, 1.82) is 0 Å². The minimum atomic E-state index is -0.754. The van der Waals surface area contributed by atoms with Crippen molar-refractivity contribution < 1.29 is 14.3 Å². The van der Waals surface area contributed by atoms with Crippen LogP contribution >= 0.6 is 0 Å². The molecule has 0 amide bonds. The highest BCUT2D eigenvalue weighted by molar-refractivity contribution is 5.72. The third-order valence-electron chi connectivity index (χ3n) is 3.90. The average molecular weight is 287 g/mol. The first-order valence-corrected chi connectivity index (χ1v) is 6.89. The molecule has 0 aliphatic carbocycles. The Bertz CT molecular complexity index is 626. The standard InChI is InChI=1S/C15H17N3O3/c1-10-17-12(9-21-10)6-18-7-13(14(8-18)15(19)20)11-2-4-16-5-3-11/h2-5,9,13-14H,6-8H2,1H3,(H,19,20)/t13-,14+/m0/s1. The van der Waals surface area contributed by atoms with Gasteiger partial charge in [0.25, 0.3) is 0 Å². The van der Waals surface area contributed by atoms with E-state index in [1.54, 1.807) is 25.6 Å². The minimum absolute atomic E-state index is 0.0153. The maximum atomic E-state index is 11.5. The smallest absolute Gasteiger partial charge is 0.308 e. The van der Waals surface area contributed by atoms with Gasteiger partial charge in [0.15, 0.2) is 5.89 Å². The van der Waals surface area contributed by atoms with Crippen LogP contribution in [0, 0.1) is 12.8 Å². The van der Waals surface area contributed by atoms with Crippen LogP contribution in [0.15, 0.2) is 35.2 Å². The predicted molar refractivity (Wildman–Crippen MR) is 74.6 cm³/mol. The van der Waals surface area contributed by atoms with Gasteiger partial charge >= 0.3 is 5.97 Å². The average Bonchev–Trinajstić information content (AvgIpc) is 3.07. The van der Waals surface area contributed by atoms with Crippen LogP contribution in [-0.2, 0) is 11.3 Å². The molecule has 0 spiro atoms. The summed E-state index contributed by atoms with van der Waals surface area (Å²) in [7, 11) is 0. The first-order chi connectivity index (χ1) is 10.1. The molecule has 1 saturated heterocycles. The Hall–Kier alpha value is -2.21. The summed E-state index contributed by atoms with van der Waals surface area (Å²) in [6.07, 6.45) is 5.04. The number of oxazole rings is 1. The number of pyridine rings is 1. The molecule has 3 heterocycles. The lowest BCUT2D eigenvalue weighted by Gasteiger charge is -2.14. The monoisotopic (exact) mass is 287 g/mol. The lowest BCUT2D eigenvalue weighted by atomic mass is 9.90.